The van der Waals surface area contributed by atoms with Crippen LogP contribution in [0.2, 0.25) is 0 Å². The van der Waals surface area contributed by atoms with E-state index in [0.717, 1.165) is 29.7 Å². The number of nitrogens with zero attached hydrogens (tertiary/aromatic N) is 2. The first-order valence-electron chi connectivity index (χ1n) is 11.8. The number of aromatic nitrogens is 1. The molecule has 1 N–H and O–H groups in total. The molecule has 2 amide bonds. The first kappa shape index (κ1) is 24.9. The molecule has 0 spiro atoms. The number of nitrogens with one attached hydrogen (secondary N) is 1. The summed E-state index contributed by atoms with van der Waals surface area (Å²) in [6.45, 7) is 5.48. The molecule has 1 fully saturated rings. The number of carbonyl (C=O) groups is 2. The zero-order valence-corrected chi connectivity index (χ0v) is 21.0. The molecule has 1 saturated heterocycles. The van der Waals surface area contributed by atoms with Crippen molar-refractivity contribution in [1.82, 2.24) is 15.2 Å². The second-order valence-corrected chi connectivity index (χ2v) is 9.93. The molecule has 1 aliphatic heterocycles. The van der Waals surface area contributed by atoms with Crippen molar-refractivity contribution < 1.29 is 18.7 Å². The van der Waals surface area contributed by atoms with Crippen molar-refractivity contribution in [2.75, 3.05) is 20.2 Å². The van der Waals surface area contributed by atoms with Gasteiger partial charge in [-0.15, -0.1) is 11.3 Å². The van der Waals surface area contributed by atoms with Gasteiger partial charge in [0.2, 0.25) is 5.91 Å². The highest BCUT2D eigenvalue weighted by Gasteiger charge is 2.31. The van der Waals surface area contributed by atoms with Crippen LogP contribution in [0.15, 0.2) is 48.5 Å². The van der Waals surface area contributed by atoms with Gasteiger partial charge in [0.1, 0.15) is 21.5 Å². The molecular weight excluding hydrogens is 465 g/mol. The molecule has 35 heavy (non-hydrogen) atoms. The Balaban J connectivity index is 1.31. The van der Waals surface area contributed by atoms with Crippen LogP contribution >= 0.6 is 11.3 Å². The molecule has 3 aromatic rings. The Morgan fingerprint density at radius 1 is 1.20 bits per heavy atom. The van der Waals surface area contributed by atoms with Gasteiger partial charge in [0, 0.05) is 31.1 Å². The highest BCUT2D eigenvalue weighted by molar-refractivity contribution is 7.17. The quantitative estimate of drug-likeness (QED) is 0.497. The van der Waals surface area contributed by atoms with E-state index in [0.29, 0.717) is 35.2 Å². The summed E-state index contributed by atoms with van der Waals surface area (Å²) in [6, 6.07) is 13.8. The smallest absolute Gasteiger partial charge is 0.265 e. The van der Waals surface area contributed by atoms with E-state index in [9.17, 15) is 14.0 Å². The highest BCUT2D eigenvalue weighted by Crippen LogP contribution is 2.31. The van der Waals surface area contributed by atoms with Crippen LogP contribution in [0.5, 0.6) is 5.75 Å². The lowest BCUT2D eigenvalue weighted by Crippen LogP contribution is -2.42. The van der Waals surface area contributed by atoms with Crippen LogP contribution < -0.4 is 10.1 Å². The van der Waals surface area contributed by atoms with Crippen molar-refractivity contribution >= 4 is 23.2 Å². The number of piperidine rings is 1. The van der Waals surface area contributed by atoms with Crippen LogP contribution in [0.4, 0.5) is 4.39 Å². The number of hydrogen-bond acceptors (Lipinski definition) is 5. The lowest BCUT2D eigenvalue weighted by molar-refractivity contribution is -0.126. The van der Waals surface area contributed by atoms with Gasteiger partial charge in [-0.1, -0.05) is 19.1 Å². The Bertz CT molecular complexity index is 1190. The minimum absolute atomic E-state index is 0.0260. The molecule has 0 bridgehead atoms. The van der Waals surface area contributed by atoms with Gasteiger partial charge >= 0.3 is 0 Å². The van der Waals surface area contributed by atoms with Crippen molar-refractivity contribution in [2.45, 2.75) is 33.2 Å². The molecule has 184 valence electrons. The maximum Gasteiger partial charge on any atom is 0.265 e. The van der Waals surface area contributed by atoms with E-state index in [1.807, 2.05) is 43.0 Å². The number of benzene rings is 2. The average molecular weight is 496 g/mol. The normalized spacial score (nSPS) is 15.0. The summed E-state index contributed by atoms with van der Waals surface area (Å²) in [4.78, 5) is 33.0. The molecule has 0 radical (unpaired) electrons. The van der Waals surface area contributed by atoms with Gasteiger partial charge in [-0.05, 0) is 67.6 Å². The van der Waals surface area contributed by atoms with E-state index in [-0.39, 0.29) is 29.5 Å². The summed E-state index contributed by atoms with van der Waals surface area (Å²) in [5.74, 6) is 0.559. The number of hydrogen-bond donors (Lipinski definition) is 1. The second-order valence-electron chi connectivity index (χ2n) is 8.93. The number of aryl methyl sites for hydroxylation is 1. The number of ether oxygens (including phenoxy) is 1. The maximum atomic E-state index is 13.2. The minimum Gasteiger partial charge on any atom is -0.497 e. The molecule has 0 aliphatic carbocycles. The molecule has 8 heteroatoms. The van der Waals surface area contributed by atoms with E-state index in [1.54, 1.807) is 19.2 Å². The lowest BCUT2D eigenvalue weighted by Gasteiger charge is -2.34. The van der Waals surface area contributed by atoms with Crippen molar-refractivity contribution in [2.24, 2.45) is 11.8 Å². The van der Waals surface area contributed by atoms with Crippen LogP contribution in [0, 0.1) is 24.6 Å². The van der Waals surface area contributed by atoms with Crippen LogP contribution in [0.1, 0.15) is 40.7 Å². The Morgan fingerprint density at radius 2 is 1.91 bits per heavy atom. The summed E-state index contributed by atoms with van der Waals surface area (Å²) in [6.07, 6.45) is 1.56. The summed E-state index contributed by atoms with van der Waals surface area (Å²) < 4.78 is 18.5. The van der Waals surface area contributed by atoms with Gasteiger partial charge in [0.15, 0.2) is 0 Å². The zero-order valence-electron chi connectivity index (χ0n) is 20.2. The molecular formula is C27H30FN3O3S. The van der Waals surface area contributed by atoms with Crippen LogP contribution in [0.25, 0.3) is 10.6 Å². The van der Waals surface area contributed by atoms with Crippen molar-refractivity contribution in [3.05, 3.63) is 70.5 Å². The SMILES string of the molecule is COc1cccc(CNC(=O)[C@H](C)C2CCN(C(=O)c3sc(-c4ccc(F)cc4)nc3C)CC2)c1. The Morgan fingerprint density at radius 3 is 2.60 bits per heavy atom. The van der Waals surface area contributed by atoms with Crippen molar-refractivity contribution in [1.29, 1.82) is 0 Å². The first-order chi connectivity index (χ1) is 16.9. The summed E-state index contributed by atoms with van der Waals surface area (Å²) in [5, 5.41) is 3.74. The molecule has 0 unspecified atom stereocenters. The fourth-order valence-corrected chi connectivity index (χ4v) is 5.44. The topological polar surface area (TPSA) is 71.5 Å². The number of likely N-dealkylation sites (tertiary alicyclic amines) is 1. The number of thiazole rings is 1. The number of amides is 2. The maximum absolute atomic E-state index is 13.2. The predicted octanol–water partition coefficient (Wildman–Crippen LogP) is 5.07. The second kappa shape index (κ2) is 11.0. The van der Waals surface area contributed by atoms with E-state index in [1.165, 1.54) is 23.5 Å². The van der Waals surface area contributed by atoms with E-state index < -0.39 is 0 Å². The Kier molecular flexibility index (Phi) is 7.80. The van der Waals surface area contributed by atoms with Crippen molar-refractivity contribution in [3.8, 4) is 16.3 Å². The van der Waals surface area contributed by atoms with Gasteiger partial charge in [-0.25, -0.2) is 9.37 Å². The van der Waals surface area contributed by atoms with Crippen LogP contribution in [0.3, 0.4) is 0 Å². The fraction of sp³-hybridized carbons (Fsp3) is 0.370. The van der Waals surface area contributed by atoms with Crippen LogP contribution in [-0.2, 0) is 11.3 Å². The summed E-state index contributed by atoms with van der Waals surface area (Å²) in [5.41, 5.74) is 2.48. The first-order valence-corrected chi connectivity index (χ1v) is 12.6. The van der Waals surface area contributed by atoms with Gasteiger partial charge in [0.25, 0.3) is 5.91 Å². The molecule has 4 rings (SSSR count). The van der Waals surface area contributed by atoms with Crippen LogP contribution in [-0.4, -0.2) is 41.9 Å². The number of halogens is 1. The molecule has 6 nitrogen and oxygen atoms in total. The van der Waals surface area contributed by atoms with Crippen molar-refractivity contribution in [3.63, 3.8) is 0 Å². The third kappa shape index (κ3) is 5.88. The number of methoxy groups -OCH3 is 1. The molecule has 1 atom stereocenters. The highest BCUT2D eigenvalue weighted by atomic mass is 32.1. The average Bonchev–Trinajstić information content (AvgIpc) is 3.28. The summed E-state index contributed by atoms with van der Waals surface area (Å²) >= 11 is 1.34. The predicted molar refractivity (Wildman–Crippen MR) is 135 cm³/mol. The number of rotatable bonds is 7. The monoisotopic (exact) mass is 495 g/mol. The molecule has 0 saturated carbocycles. The summed E-state index contributed by atoms with van der Waals surface area (Å²) in [7, 11) is 1.62. The minimum atomic E-state index is -0.301. The standard InChI is InChI=1S/C27H30FN3O3S/c1-17(25(32)29-16-19-5-4-6-23(15-19)34-3)20-11-13-31(14-12-20)27(33)24-18(2)30-26(35-24)21-7-9-22(28)10-8-21/h4-10,15,17,20H,11-14,16H2,1-3H3,(H,29,32)/t17-/m1/s1. The lowest BCUT2D eigenvalue weighted by atomic mass is 9.84. The fourth-order valence-electron chi connectivity index (χ4n) is 4.40. The molecule has 1 aliphatic rings. The Hall–Kier alpha value is -3.26. The van der Waals surface area contributed by atoms with E-state index >= 15 is 0 Å². The molecule has 1 aromatic heterocycles. The third-order valence-corrected chi connectivity index (χ3v) is 7.82. The van der Waals surface area contributed by atoms with Gasteiger partial charge < -0.3 is 15.0 Å². The molecule has 2 heterocycles. The van der Waals surface area contributed by atoms with E-state index in [2.05, 4.69) is 10.3 Å². The third-order valence-electron chi connectivity index (χ3n) is 6.63. The Labute approximate surface area is 209 Å². The van der Waals surface area contributed by atoms with Gasteiger partial charge in [0.05, 0.1) is 12.8 Å². The van der Waals surface area contributed by atoms with E-state index in [4.69, 9.17) is 4.74 Å². The number of carbonyl (C=O) groups excluding carboxylic acids is 2. The molecule has 2 aromatic carbocycles. The van der Waals surface area contributed by atoms with Gasteiger partial charge in [-0.2, -0.15) is 0 Å². The van der Waals surface area contributed by atoms with Gasteiger partial charge in [-0.3, -0.25) is 9.59 Å². The zero-order chi connectivity index (χ0) is 24.9. The largest absolute Gasteiger partial charge is 0.497 e.